The zero-order valence-corrected chi connectivity index (χ0v) is 18.5. The summed E-state index contributed by atoms with van der Waals surface area (Å²) in [6.45, 7) is 3.85. The molecular weight excluding hydrogens is 393 g/mol. The summed E-state index contributed by atoms with van der Waals surface area (Å²) in [6.07, 6.45) is 9.95. The molecule has 4 rings (SSSR count). The Morgan fingerprint density at radius 1 is 1.10 bits per heavy atom. The molecule has 0 aliphatic heterocycles. The summed E-state index contributed by atoms with van der Waals surface area (Å²) in [7, 11) is 1.74. The summed E-state index contributed by atoms with van der Waals surface area (Å²) in [6, 6.07) is 6.87. The van der Waals surface area contributed by atoms with Crippen LogP contribution in [-0.2, 0) is 4.74 Å². The fourth-order valence-corrected chi connectivity index (χ4v) is 4.30. The standard InChI is InChI=1S/C24H34FN5O/c1-16(15-31-2)29-18-5-7-19(8-6-18)30-24-12-21(22(25)14-28-24)23-11-20(9-10-26-23)27-13-17-3-4-17/h9-12,14,16-19,29H,3-8,13,15H2,1-2H3,(H,26,27)(H,28,30). The van der Waals surface area contributed by atoms with Crippen LogP contribution in [0.25, 0.3) is 11.3 Å². The van der Waals surface area contributed by atoms with Crippen LogP contribution in [0.1, 0.15) is 45.4 Å². The average Bonchev–Trinajstić information content (AvgIpc) is 3.60. The van der Waals surface area contributed by atoms with Crippen molar-refractivity contribution in [2.24, 2.45) is 5.92 Å². The smallest absolute Gasteiger partial charge is 0.151 e. The van der Waals surface area contributed by atoms with Gasteiger partial charge in [0.1, 0.15) is 5.82 Å². The molecule has 1 unspecified atom stereocenters. The highest BCUT2D eigenvalue weighted by molar-refractivity contribution is 5.67. The first-order valence-corrected chi connectivity index (χ1v) is 11.5. The van der Waals surface area contributed by atoms with Crippen LogP contribution in [0.15, 0.2) is 30.6 Å². The van der Waals surface area contributed by atoms with Crippen molar-refractivity contribution in [3.8, 4) is 11.3 Å². The second kappa shape index (κ2) is 10.4. The number of hydrogen-bond donors (Lipinski definition) is 3. The molecule has 3 N–H and O–H groups in total. The number of nitrogens with one attached hydrogen (secondary N) is 3. The van der Waals surface area contributed by atoms with Crippen molar-refractivity contribution in [2.45, 2.75) is 63.6 Å². The van der Waals surface area contributed by atoms with Crippen molar-refractivity contribution in [1.82, 2.24) is 15.3 Å². The van der Waals surface area contributed by atoms with Crippen LogP contribution in [0.3, 0.4) is 0 Å². The van der Waals surface area contributed by atoms with Crippen LogP contribution in [0, 0.1) is 11.7 Å². The molecular formula is C24H34FN5O. The van der Waals surface area contributed by atoms with Crippen LogP contribution < -0.4 is 16.0 Å². The first kappa shape index (κ1) is 22.0. The van der Waals surface area contributed by atoms with Crippen molar-refractivity contribution in [2.75, 3.05) is 30.9 Å². The Bertz CT molecular complexity index is 852. The lowest BCUT2D eigenvalue weighted by Crippen LogP contribution is -2.42. The molecule has 0 amide bonds. The van der Waals surface area contributed by atoms with E-state index in [1.54, 1.807) is 19.4 Å². The summed E-state index contributed by atoms with van der Waals surface area (Å²) < 4.78 is 19.8. The fraction of sp³-hybridized carbons (Fsp3) is 0.583. The van der Waals surface area contributed by atoms with Gasteiger partial charge in [0.05, 0.1) is 18.5 Å². The van der Waals surface area contributed by atoms with Gasteiger partial charge in [-0.2, -0.15) is 0 Å². The molecule has 0 aromatic carbocycles. The Morgan fingerprint density at radius 2 is 1.87 bits per heavy atom. The lowest BCUT2D eigenvalue weighted by molar-refractivity contribution is 0.161. The topological polar surface area (TPSA) is 71.1 Å². The number of hydrogen-bond acceptors (Lipinski definition) is 6. The van der Waals surface area contributed by atoms with Crippen LogP contribution in [0.5, 0.6) is 0 Å². The Hall–Kier alpha value is -2.25. The number of halogens is 1. The molecule has 168 valence electrons. The zero-order chi connectivity index (χ0) is 21.6. The van der Waals surface area contributed by atoms with Crippen LogP contribution in [0.2, 0.25) is 0 Å². The monoisotopic (exact) mass is 427 g/mol. The molecule has 2 heterocycles. The lowest BCUT2D eigenvalue weighted by Gasteiger charge is -2.31. The first-order valence-electron chi connectivity index (χ1n) is 11.5. The summed E-state index contributed by atoms with van der Waals surface area (Å²) in [4.78, 5) is 8.68. The van der Waals surface area contributed by atoms with Crippen molar-refractivity contribution in [3.63, 3.8) is 0 Å². The molecule has 2 fully saturated rings. The van der Waals surface area contributed by atoms with E-state index in [1.165, 1.54) is 19.0 Å². The molecule has 0 saturated heterocycles. The molecule has 2 aromatic rings. The van der Waals surface area contributed by atoms with Gasteiger partial charge in [-0.25, -0.2) is 9.37 Å². The van der Waals surface area contributed by atoms with E-state index in [2.05, 4.69) is 32.8 Å². The number of nitrogens with zero attached hydrogens (tertiary/aromatic N) is 2. The summed E-state index contributed by atoms with van der Waals surface area (Å²) in [5.74, 6) is 1.13. The van der Waals surface area contributed by atoms with Gasteiger partial charge in [0, 0.05) is 49.2 Å². The van der Waals surface area contributed by atoms with E-state index in [4.69, 9.17) is 4.74 Å². The van der Waals surface area contributed by atoms with Gasteiger partial charge in [-0.15, -0.1) is 0 Å². The molecule has 0 radical (unpaired) electrons. The number of ether oxygens (including phenoxy) is 1. The van der Waals surface area contributed by atoms with Crippen molar-refractivity contribution in [3.05, 3.63) is 36.4 Å². The summed E-state index contributed by atoms with van der Waals surface area (Å²) in [5, 5.41) is 10.6. The molecule has 6 nitrogen and oxygen atoms in total. The lowest BCUT2D eigenvalue weighted by atomic mass is 9.90. The highest BCUT2D eigenvalue weighted by atomic mass is 19.1. The van der Waals surface area contributed by atoms with E-state index in [9.17, 15) is 4.39 Å². The van der Waals surface area contributed by atoms with Crippen molar-refractivity contribution >= 4 is 11.5 Å². The second-order valence-electron chi connectivity index (χ2n) is 9.02. The van der Waals surface area contributed by atoms with Gasteiger partial charge in [-0.3, -0.25) is 4.98 Å². The maximum atomic E-state index is 14.6. The largest absolute Gasteiger partial charge is 0.385 e. The van der Waals surface area contributed by atoms with Gasteiger partial charge in [0.2, 0.25) is 0 Å². The van der Waals surface area contributed by atoms with Gasteiger partial charge in [-0.05, 0) is 69.6 Å². The number of anilines is 2. The minimum atomic E-state index is -0.350. The summed E-state index contributed by atoms with van der Waals surface area (Å²) >= 11 is 0. The van der Waals surface area contributed by atoms with Crippen molar-refractivity contribution < 1.29 is 9.13 Å². The van der Waals surface area contributed by atoms with Crippen molar-refractivity contribution in [1.29, 1.82) is 0 Å². The van der Waals surface area contributed by atoms with Gasteiger partial charge in [0.15, 0.2) is 5.82 Å². The predicted molar refractivity (Wildman–Crippen MR) is 123 cm³/mol. The maximum Gasteiger partial charge on any atom is 0.151 e. The Labute approximate surface area is 184 Å². The first-order chi connectivity index (χ1) is 15.1. The van der Waals surface area contributed by atoms with Gasteiger partial charge >= 0.3 is 0 Å². The van der Waals surface area contributed by atoms with Crippen LogP contribution in [-0.4, -0.2) is 48.4 Å². The van der Waals surface area contributed by atoms with E-state index >= 15 is 0 Å². The number of methoxy groups -OCH3 is 1. The fourth-order valence-electron chi connectivity index (χ4n) is 4.30. The third kappa shape index (κ3) is 6.37. The van der Waals surface area contributed by atoms with Gasteiger partial charge in [0.25, 0.3) is 0 Å². The van der Waals surface area contributed by atoms with E-state index in [0.717, 1.165) is 50.4 Å². The second-order valence-corrected chi connectivity index (χ2v) is 9.02. The van der Waals surface area contributed by atoms with Crippen LogP contribution >= 0.6 is 0 Å². The molecule has 7 heteroatoms. The average molecular weight is 428 g/mol. The highest BCUT2D eigenvalue weighted by Crippen LogP contribution is 2.30. The molecule has 2 aliphatic rings. The number of rotatable bonds is 10. The Kier molecular flexibility index (Phi) is 7.35. The Balaban J connectivity index is 1.35. The minimum absolute atomic E-state index is 0.348. The van der Waals surface area contributed by atoms with E-state index in [1.807, 2.05) is 12.1 Å². The third-order valence-electron chi connectivity index (χ3n) is 6.20. The maximum absolute atomic E-state index is 14.6. The predicted octanol–water partition coefficient (Wildman–Crippen LogP) is 4.45. The van der Waals surface area contributed by atoms with Gasteiger partial charge < -0.3 is 20.7 Å². The third-order valence-corrected chi connectivity index (χ3v) is 6.20. The molecule has 0 spiro atoms. The number of pyridine rings is 2. The zero-order valence-electron chi connectivity index (χ0n) is 18.5. The normalized spacial score (nSPS) is 22.2. The highest BCUT2D eigenvalue weighted by Gasteiger charge is 2.23. The molecule has 0 bridgehead atoms. The molecule has 31 heavy (non-hydrogen) atoms. The van der Waals surface area contributed by atoms with Gasteiger partial charge in [-0.1, -0.05) is 0 Å². The van der Waals surface area contributed by atoms with E-state index < -0.39 is 0 Å². The van der Waals surface area contributed by atoms with Crippen LogP contribution in [0.4, 0.5) is 15.9 Å². The van der Waals surface area contributed by atoms with E-state index in [-0.39, 0.29) is 5.82 Å². The van der Waals surface area contributed by atoms with E-state index in [0.29, 0.717) is 35.2 Å². The molecule has 2 aromatic heterocycles. The summed E-state index contributed by atoms with van der Waals surface area (Å²) in [5.41, 5.74) is 2.09. The molecule has 2 aliphatic carbocycles. The molecule has 2 saturated carbocycles. The number of aromatic nitrogens is 2. The quantitative estimate of drug-likeness (QED) is 0.520. The molecule has 1 atom stereocenters. The SMILES string of the molecule is COCC(C)NC1CCC(Nc2cc(-c3cc(NCC4CC4)ccn3)c(F)cn2)CC1. The Morgan fingerprint density at radius 3 is 2.61 bits per heavy atom. The minimum Gasteiger partial charge on any atom is -0.385 e.